The molecule has 4 aromatic rings. The lowest BCUT2D eigenvalue weighted by Gasteiger charge is -2.40. The average molecular weight is 491 g/mol. The van der Waals surface area contributed by atoms with Gasteiger partial charge in [0.25, 0.3) is 0 Å². The van der Waals surface area contributed by atoms with E-state index < -0.39 is 11.4 Å². The molecule has 1 aromatic carbocycles. The molecule has 186 valence electrons. The SMILES string of the molecule is CN(C)C1CCN(c2ccc(-c3c(F)cc4ncc5c6c4c3OCC3(COC3)n6c(=O)n5C)cn2)C1. The molecule has 0 aliphatic carbocycles. The molecule has 0 N–H and O–H groups in total. The van der Waals surface area contributed by atoms with Crippen molar-refractivity contribution in [3.63, 3.8) is 0 Å². The van der Waals surface area contributed by atoms with Crippen molar-refractivity contribution in [1.82, 2.24) is 24.0 Å². The number of anilines is 1. The molecular formula is C26H27FN6O3. The predicted octanol–water partition coefficient (Wildman–Crippen LogP) is 2.35. The third kappa shape index (κ3) is 2.85. The zero-order valence-electron chi connectivity index (χ0n) is 20.5. The van der Waals surface area contributed by atoms with Gasteiger partial charge in [-0.25, -0.2) is 14.2 Å². The molecule has 6 heterocycles. The maximum absolute atomic E-state index is 15.7. The van der Waals surface area contributed by atoms with Crippen molar-refractivity contribution in [1.29, 1.82) is 0 Å². The number of fused-ring (bicyclic) bond motifs is 1. The second kappa shape index (κ2) is 7.50. The Hall–Kier alpha value is -3.50. The van der Waals surface area contributed by atoms with Gasteiger partial charge < -0.3 is 19.3 Å². The van der Waals surface area contributed by atoms with Crippen molar-refractivity contribution in [2.24, 2.45) is 7.05 Å². The number of hydrogen-bond donors (Lipinski definition) is 0. The van der Waals surface area contributed by atoms with Crippen molar-refractivity contribution in [2.75, 3.05) is 51.9 Å². The van der Waals surface area contributed by atoms with E-state index in [4.69, 9.17) is 14.5 Å². The lowest BCUT2D eigenvalue weighted by molar-refractivity contribution is -0.118. The van der Waals surface area contributed by atoms with Crippen LogP contribution in [0.15, 0.2) is 35.4 Å². The van der Waals surface area contributed by atoms with Gasteiger partial charge in [0, 0.05) is 44.0 Å². The number of benzene rings is 1. The van der Waals surface area contributed by atoms with Crippen LogP contribution >= 0.6 is 0 Å². The Bertz CT molecular complexity index is 1590. The Morgan fingerprint density at radius 3 is 2.67 bits per heavy atom. The summed E-state index contributed by atoms with van der Waals surface area (Å²) >= 11 is 0. The number of halogens is 1. The molecule has 0 amide bonds. The minimum absolute atomic E-state index is 0.155. The molecule has 3 aromatic heterocycles. The predicted molar refractivity (Wildman–Crippen MR) is 134 cm³/mol. The summed E-state index contributed by atoms with van der Waals surface area (Å²) in [5.41, 5.74) is 2.02. The number of ether oxygens (including phenoxy) is 2. The molecule has 1 unspecified atom stereocenters. The van der Waals surface area contributed by atoms with Gasteiger partial charge in [0.05, 0.1) is 46.9 Å². The van der Waals surface area contributed by atoms with E-state index >= 15 is 4.39 Å². The first kappa shape index (κ1) is 21.8. The van der Waals surface area contributed by atoms with E-state index in [0.29, 0.717) is 58.1 Å². The van der Waals surface area contributed by atoms with Gasteiger partial charge in [0.1, 0.15) is 29.5 Å². The average Bonchev–Trinajstić information content (AvgIpc) is 3.38. The van der Waals surface area contributed by atoms with E-state index in [1.807, 2.05) is 12.1 Å². The van der Waals surface area contributed by atoms with Crippen LogP contribution in [0.25, 0.3) is 33.1 Å². The minimum Gasteiger partial charge on any atom is -0.489 e. The summed E-state index contributed by atoms with van der Waals surface area (Å²) in [4.78, 5) is 27.0. The molecule has 2 fully saturated rings. The van der Waals surface area contributed by atoms with Crippen LogP contribution in [0.1, 0.15) is 6.42 Å². The van der Waals surface area contributed by atoms with Crippen LogP contribution in [0.3, 0.4) is 0 Å². The van der Waals surface area contributed by atoms with E-state index in [0.717, 1.165) is 25.3 Å². The van der Waals surface area contributed by atoms with Gasteiger partial charge in [-0.05, 0) is 32.6 Å². The zero-order valence-corrected chi connectivity index (χ0v) is 20.5. The van der Waals surface area contributed by atoms with E-state index in [1.54, 1.807) is 28.6 Å². The van der Waals surface area contributed by atoms with Crippen molar-refractivity contribution >= 4 is 27.8 Å². The van der Waals surface area contributed by atoms with Gasteiger partial charge in [-0.3, -0.25) is 14.1 Å². The molecule has 2 saturated heterocycles. The van der Waals surface area contributed by atoms with E-state index in [9.17, 15) is 4.79 Å². The molecule has 10 heteroatoms. The summed E-state index contributed by atoms with van der Waals surface area (Å²) in [7, 11) is 5.93. The maximum atomic E-state index is 15.7. The molecule has 3 aliphatic rings. The standard InChI is InChI=1S/C26H27FN6O3/c1-30(2)16-6-7-32(11-16)20-5-4-15(9-29-20)21-17(27)8-18-22-23-19(10-28-18)31(3)25(34)33(23)26(12-35-13-26)14-36-24(21)22/h4-5,8-10,16H,6-7,11-14H2,1-3H3. The first-order chi connectivity index (χ1) is 17.4. The second-order valence-electron chi connectivity index (χ2n) is 10.4. The van der Waals surface area contributed by atoms with Crippen LogP contribution in [0, 0.1) is 5.82 Å². The highest BCUT2D eigenvalue weighted by Crippen LogP contribution is 2.45. The lowest BCUT2D eigenvalue weighted by atomic mass is 9.98. The van der Waals surface area contributed by atoms with Crippen molar-refractivity contribution in [3.05, 3.63) is 46.9 Å². The van der Waals surface area contributed by atoms with Gasteiger partial charge in [0.2, 0.25) is 0 Å². The number of nitrogens with zero attached hydrogens (tertiary/aromatic N) is 6. The van der Waals surface area contributed by atoms with Crippen molar-refractivity contribution < 1.29 is 13.9 Å². The molecule has 1 atom stereocenters. The summed E-state index contributed by atoms with van der Waals surface area (Å²) in [6.45, 7) is 2.78. The van der Waals surface area contributed by atoms with Crippen LogP contribution in [0.4, 0.5) is 10.2 Å². The largest absolute Gasteiger partial charge is 0.489 e. The van der Waals surface area contributed by atoms with Crippen LogP contribution < -0.4 is 15.3 Å². The summed E-state index contributed by atoms with van der Waals surface area (Å²) in [6, 6.07) is 5.75. The smallest absolute Gasteiger partial charge is 0.329 e. The normalized spacial score (nSPS) is 20.5. The third-order valence-electron chi connectivity index (χ3n) is 8.04. The fourth-order valence-electron chi connectivity index (χ4n) is 5.85. The van der Waals surface area contributed by atoms with Crippen molar-refractivity contribution in [2.45, 2.75) is 18.0 Å². The molecule has 0 bridgehead atoms. The van der Waals surface area contributed by atoms with Gasteiger partial charge in [-0.15, -0.1) is 0 Å². The summed E-state index contributed by atoms with van der Waals surface area (Å²) < 4.78 is 30.9. The fourth-order valence-corrected chi connectivity index (χ4v) is 5.85. The Morgan fingerprint density at radius 2 is 2.00 bits per heavy atom. The van der Waals surface area contributed by atoms with E-state index in [-0.39, 0.29) is 12.3 Å². The van der Waals surface area contributed by atoms with Crippen LogP contribution in [-0.2, 0) is 17.3 Å². The Balaban J connectivity index is 1.40. The fraction of sp³-hybridized carbons (Fsp3) is 0.423. The highest BCUT2D eigenvalue weighted by Gasteiger charge is 2.46. The molecule has 0 saturated carbocycles. The van der Waals surface area contributed by atoms with E-state index in [1.165, 1.54) is 6.07 Å². The van der Waals surface area contributed by atoms with Crippen LogP contribution in [0.5, 0.6) is 5.75 Å². The van der Waals surface area contributed by atoms with Crippen molar-refractivity contribution in [3.8, 4) is 16.9 Å². The van der Waals surface area contributed by atoms with Gasteiger partial charge >= 0.3 is 5.69 Å². The first-order valence-corrected chi connectivity index (χ1v) is 12.2. The molecule has 36 heavy (non-hydrogen) atoms. The summed E-state index contributed by atoms with van der Waals surface area (Å²) in [6.07, 6.45) is 4.42. The van der Waals surface area contributed by atoms with Crippen LogP contribution in [-0.4, -0.2) is 77.0 Å². The number of hydrogen-bond acceptors (Lipinski definition) is 7. The Kier molecular flexibility index (Phi) is 4.53. The third-order valence-corrected chi connectivity index (χ3v) is 8.04. The second-order valence-corrected chi connectivity index (χ2v) is 10.4. The molecule has 3 aliphatic heterocycles. The quantitative estimate of drug-likeness (QED) is 0.436. The van der Waals surface area contributed by atoms with Gasteiger partial charge in [0.15, 0.2) is 0 Å². The number of rotatable bonds is 3. The zero-order chi connectivity index (χ0) is 24.8. The van der Waals surface area contributed by atoms with Gasteiger partial charge in [-0.1, -0.05) is 0 Å². The Morgan fingerprint density at radius 1 is 1.17 bits per heavy atom. The number of pyridine rings is 2. The molecule has 9 nitrogen and oxygen atoms in total. The topological polar surface area (TPSA) is 77.6 Å². The highest BCUT2D eigenvalue weighted by atomic mass is 19.1. The lowest BCUT2D eigenvalue weighted by Crippen LogP contribution is -2.58. The molecule has 1 spiro atoms. The molecule has 7 rings (SSSR count). The summed E-state index contributed by atoms with van der Waals surface area (Å²) in [5.74, 6) is 0.843. The number of aryl methyl sites for hydroxylation is 1. The minimum atomic E-state index is -0.627. The summed E-state index contributed by atoms with van der Waals surface area (Å²) in [5, 5.41) is 0.641. The molecular weight excluding hydrogens is 463 g/mol. The molecule has 0 radical (unpaired) electrons. The number of imidazole rings is 1. The van der Waals surface area contributed by atoms with Crippen LogP contribution in [0.2, 0.25) is 0 Å². The van der Waals surface area contributed by atoms with Gasteiger partial charge in [-0.2, -0.15) is 0 Å². The highest BCUT2D eigenvalue weighted by molar-refractivity contribution is 6.09. The number of likely N-dealkylation sites (N-methyl/N-ethyl adjacent to an activating group) is 1. The monoisotopic (exact) mass is 490 g/mol. The number of aromatic nitrogens is 4. The first-order valence-electron chi connectivity index (χ1n) is 12.2. The Labute approximate surface area is 206 Å². The van der Waals surface area contributed by atoms with E-state index in [2.05, 4.69) is 28.9 Å². The maximum Gasteiger partial charge on any atom is 0.329 e.